The van der Waals surface area contributed by atoms with E-state index in [-0.39, 0.29) is 12.5 Å². The van der Waals surface area contributed by atoms with Crippen molar-refractivity contribution < 1.29 is 13.9 Å². The summed E-state index contributed by atoms with van der Waals surface area (Å²) in [6, 6.07) is 18.3. The minimum atomic E-state index is -0.260. The lowest BCUT2D eigenvalue weighted by atomic mass is 10.2. The monoisotopic (exact) mass is 470 g/mol. The zero-order chi connectivity index (χ0) is 20.4. The number of halogens is 2. The van der Waals surface area contributed by atoms with Gasteiger partial charge in [-0.15, -0.1) is 0 Å². The van der Waals surface area contributed by atoms with Gasteiger partial charge in [-0.1, -0.05) is 39.7 Å². The summed E-state index contributed by atoms with van der Waals surface area (Å²) in [5.41, 5.74) is 3.59. The number of aryl methyl sites for hydroxylation is 1. The Kier molecular flexibility index (Phi) is 5.56. The molecule has 3 aromatic carbocycles. The second kappa shape index (κ2) is 8.27. The van der Waals surface area contributed by atoms with Crippen LogP contribution in [-0.2, 0) is 4.79 Å². The summed E-state index contributed by atoms with van der Waals surface area (Å²) in [7, 11) is 0. The largest absolute Gasteiger partial charge is 0.484 e. The van der Waals surface area contributed by atoms with E-state index in [9.17, 15) is 4.79 Å². The van der Waals surface area contributed by atoms with Crippen molar-refractivity contribution in [3.8, 4) is 17.2 Å². The lowest BCUT2D eigenvalue weighted by Gasteiger charge is -2.08. The average molecular weight is 472 g/mol. The van der Waals surface area contributed by atoms with Crippen LogP contribution in [0.15, 0.2) is 69.6 Å². The van der Waals surface area contributed by atoms with Gasteiger partial charge in [-0.05, 0) is 61.0 Å². The third-order valence-corrected chi connectivity index (χ3v) is 5.01. The molecular formula is C22H16BrClN2O3. The molecule has 5 nitrogen and oxygen atoms in total. The third kappa shape index (κ3) is 4.60. The van der Waals surface area contributed by atoms with Gasteiger partial charge in [0, 0.05) is 10.2 Å². The van der Waals surface area contributed by atoms with Crippen LogP contribution < -0.4 is 10.1 Å². The molecule has 0 spiro atoms. The van der Waals surface area contributed by atoms with Crippen molar-refractivity contribution in [2.75, 3.05) is 11.9 Å². The van der Waals surface area contributed by atoms with Crippen LogP contribution in [0.3, 0.4) is 0 Å². The van der Waals surface area contributed by atoms with Crippen LogP contribution in [0, 0.1) is 6.92 Å². The van der Waals surface area contributed by atoms with Crippen LogP contribution in [-0.4, -0.2) is 17.5 Å². The highest BCUT2D eigenvalue weighted by atomic mass is 79.9. The molecule has 0 saturated carbocycles. The fourth-order valence-corrected chi connectivity index (χ4v) is 3.39. The highest BCUT2D eigenvalue weighted by Gasteiger charge is 2.13. The molecule has 1 N–H and O–H groups in total. The Morgan fingerprint density at radius 2 is 2.03 bits per heavy atom. The second-order valence-electron chi connectivity index (χ2n) is 6.48. The summed E-state index contributed by atoms with van der Waals surface area (Å²) >= 11 is 9.69. The van der Waals surface area contributed by atoms with Crippen LogP contribution in [0.1, 0.15) is 5.56 Å². The van der Waals surface area contributed by atoms with Gasteiger partial charge >= 0.3 is 0 Å². The molecule has 0 aliphatic rings. The Hall–Kier alpha value is -2.83. The topological polar surface area (TPSA) is 64.4 Å². The zero-order valence-electron chi connectivity index (χ0n) is 15.4. The summed E-state index contributed by atoms with van der Waals surface area (Å²) in [4.78, 5) is 16.7. The summed E-state index contributed by atoms with van der Waals surface area (Å²) in [6.07, 6.45) is 0. The molecule has 0 unspecified atom stereocenters. The number of amides is 1. The molecule has 7 heteroatoms. The first-order valence-electron chi connectivity index (χ1n) is 8.83. The standard InChI is InChI=1S/C22H16BrClN2O3/c1-13-3-2-4-16(9-13)28-12-21(27)25-15-6-8-20-19(11-15)26-22(29-20)17-10-14(23)5-7-18(17)24/h2-11H,12H2,1H3,(H,25,27). The van der Waals surface area contributed by atoms with E-state index in [1.807, 2.05) is 43.3 Å². The fourth-order valence-electron chi connectivity index (χ4n) is 2.83. The van der Waals surface area contributed by atoms with Gasteiger partial charge < -0.3 is 14.5 Å². The number of hydrogen-bond acceptors (Lipinski definition) is 4. The van der Waals surface area contributed by atoms with Crippen LogP contribution in [0.2, 0.25) is 5.02 Å². The Labute approximate surface area is 180 Å². The van der Waals surface area contributed by atoms with Gasteiger partial charge in [0.25, 0.3) is 5.91 Å². The molecule has 0 atom stereocenters. The summed E-state index contributed by atoms with van der Waals surface area (Å²) in [5.74, 6) is 0.810. The molecule has 1 aromatic heterocycles. The summed E-state index contributed by atoms with van der Waals surface area (Å²) in [6.45, 7) is 1.88. The Bertz CT molecular complexity index is 1210. The van der Waals surface area contributed by atoms with Crippen LogP contribution in [0.5, 0.6) is 5.75 Å². The van der Waals surface area contributed by atoms with Gasteiger partial charge in [-0.2, -0.15) is 0 Å². The maximum Gasteiger partial charge on any atom is 0.262 e. The van der Waals surface area contributed by atoms with Crippen molar-refractivity contribution in [1.82, 2.24) is 4.98 Å². The summed E-state index contributed by atoms with van der Waals surface area (Å²) < 4.78 is 12.2. The molecule has 0 aliphatic carbocycles. The maximum absolute atomic E-state index is 12.2. The van der Waals surface area contributed by atoms with Gasteiger partial charge in [0.15, 0.2) is 12.2 Å². The zero-order valence-corrected chi connectivity index (χ0v) is 17.8. The molecule has 0 fully saturated rings. The number of rotatable bonds is 5. The van der Waals surface area contributed by atoms with Crippen molar-refractivity contribution in [2.45, 2.75) is 6.92 Å². The van der Waals surface area contributed by atoms with Crippen molar-refractivity contribution in [3.63, 3.8) is 0 Å². The van der Waals surface area contributed by atoms with Gasteiger partial charge in [0.05, 0.1) is 10.6 Å². The van der Waals surface area contributed by atoms with E-state index in [4.69, 9.17) is 20.8 Å². The lowest BCUT2D eigenvalue weighted by Crippen LogP contribution is -2.20. The number of hydrogen-bond donors (Lipinski definition) is 1. The Morgan fingerprint density at radius 3 is 2.86 bits per heavy atom. The average Bonchev–Trinajstić information content (AvgIpc) is 3.11. The van der Waals surface area contributed by atoms with Gasteiger partial charge in [-0.3, -0.25) is 4.79 Å². The number of nitrogens with zero attached hydrogens (tertiary/aromatic N) is 1. The number of benzene rings is 3. The molecule has 1 amide bonds. The number of aromatic nitrogens is 1. The first kappa shape index (κ1) is 19.5. The molecule has 4 aromatic rings. The predicted molar refractivity (Wildman–Crippen MR) is 117 cm³/mol. The SMILES string of the molecule is Cc1cccc(OCC(=O)Nc2ccc3oc(-c4cc(Br)ccc4Cl)nc3c2)c1. The molecule has 0 aliphatic heterocycles. The quantitative estimate of drug-likeness (QED) is 0.374. The number of oxazole rings is 1. The Morgan fingerprint density at radius 1 is 1.17 bits per heavy atom. The van der Waals surface area contributed by atoms with Crippen molar-refractivity contribution in [1.29, 1.82) is 0 Å². The molecule has 146 valence electrons. The van der Waals surface area contributed by atoms with Crippen molar-refractivity contribution in [2.24, 2.45) is 0 Å². The molecule has 0 radical (unpaired) electrons. The maximum atomic E-state index is 12.2. The molecular weight excluding hydrogens is 456 g/mol. The molecule has 0 saturated heterocycles. The number of anilines is 1. The van der Waals surface area contributed by atoms with E-state index in [2.05, 4.69) is 26.2 Å². The first-order chi connectivity index (χ1) is 14.0. The number of fused-ring (bicyclic) bond motifs is 1. The van der Waals surface area contributed by atoms with E-state index in [1.165, 1.54) is 0 Å². The molecule has 1 heterocycles. The smallest absolute Gasteiger partial charge is 0.262 e. The minimum absolute atomic E-state index is 0.0841. The van der Waals surface area contributed by atoms with Crippen LogP contribution in [0.25, 0.3) is 22.6 Å². The molecule has 0 bridgehead atoms. The highest BCUT2D eigenvalue weighted by Crippen LogP contribution is 2.32. The van der Waals surface area contributed by atoms with E-state index in [1.54, 1.807) is 24.3 Å². The van der Waals surface area contributed by atoms with Gasteiger partial charge in [-0.25, -0.2) is 4.98 Å². The van der Waals surface area contributed by atoms with E-state index < -0.39 is 0 Å². The van der Waals surface area contributed by atoms with E-state index in [0.717, 1.165) is 10.0 Å². The van der Waals surface area contributed by atoms with Crippen molar-refractivity contribution in [3.05, 3.63) is 75.7 Å². The number of ether oxygens (including phenoxy) is 1. The van der Waals surface area contributed by atoms with E-state index in [0.29, 0.717) is 39.0 Å². The van der Waals surface area contributed by atoms with Crippen molar-refractivity contribution >= 4 is 50.2 Å². The minimum Gasteiger partial charge on any atom is -0.484 e. The second-order valence-corrected chi connectivity index (χ2v) is 7.80. The van der Waals surface area contributed by atoms with Gasteiger partial charge in [0.2, 0.25) is 5.89 Å². The molecule has 29 heavy (non-hydrogen) atoms. The fraction of sp³-hybridized carbons (Fsp3) is 0.0909. The van der Waals surface area contributed by atoms with Crippen LogP contribution >= 0.6 is 27.5 Å². The summed E-state index contributed by atoms with van der Waals surface area (Å²) in [5, 5.41) is 3.35. The van der Waals surface area contributed by atoms with Crippen LogP contribution in [0.4, 0.5) is 5.69 Å². The number of carbonyl (C=O) groups excluding carboxylic acids is 1. The Balaban J connectivity index is 1.48. The number of nitrogens with one attached hydrogen (secondary N) is 1. The van der Waals surface area contributed by atoms with Gasteiger partial charge in [0.1, 0.15) is 11.3 Å². The highest BCUT2D eigenvalue weighted by molar-refractivity contribution is 9.10. The molecule has 4 rings (SSSR count). The van der Waals surface area contributed by atoms with E-state index >= 15 is 0 Å². The third-order valence-electron chi connectivity index (χ3n) is 4.19. The normalized spacial score (nSPS) is 10.9. The number of carbonyl (C=O) groups is 1. The first-order valence-corrected chi connectivity index (χ1v) is 10.0. The predicted octanol–water partition coefficient (Wildman–Crippen LogP) is 6.24. The lowest BCUT2D eigenvalue weighted by molar-refractivity contribution is -0.118.